The Morgan fingerprint density at radius 2 is 1.90 bits per heavy atom. The largest absolute Gasteiger partial charge is 0.225 e. The van der Waals surface area contributed by atoms with Gasteiger partial charge in [0.25, 0.3) is 0 Å². The predicted octanol–water partition coefficient (Wildman–Crippen LogP) is 3.55. The second-order valence-corrected chi connectivity index (χ2v) is 2.61. The highest BCUT2D eigenvalue weighted by Gasteiger charge is 2.07. The Labute approximate surface area is 68.6 Å². The molecule has 0 saturated heterocycles. The van der Waals surface area contributed by atoms with E-state index in [1.165, 1.54) is 0 Å². The average Bonchev–Trinajstić information content (AvgIpc) is 1.88. The molecule has 0 aliphatic rings. The van der Waals surface area contributed by atoms with Crippen LogP contribution in [0, 0.1) is 0 Å². The zero-order valence-corrected chi connectivity index (χ0v) is 6.53. The molecular weight excluding hydrogens is 174 g/mol. The number of rotatable bonds is 1. The van der Waals surface area contributed by atoms with Gasteiger partial charge in [-0.1, -0.05) is 41.4 Å². The average molecular weight is 179 g/mol. The second-order valence-electron chi connectivity index (χ2n) is 1.82. The molecule has 0 fully saturated rings. The number of halogens is 3. The SMILES string of the molecule is FC(Cl)c1ccccc1Cl. The molecule has 10 heavy (non-hydrogen) atoms. The summed E-state index contributed by atoms with van der Waals surface area (Å²) >= 11 is 10.8. The maximum Gasteiger partial charge on any atom is 0.200 e. The Morgan fingerprint density at radius 1 is 1.30 bits per heavy atom. The summed E-state index contributed by atoms with van der Waals surface area (Å²) in [6.45, 7) is 0. The van der Waals surface area contributed by atoms with Gasteiger partial charge in [-0.3, -0.25) is 0 Å². The van der Waals surface area contributed by atoms with Gasteiger partial charge in [-0.15, -0.1) is 0 Å². The zero-order valence-electron chi connectivity index (χ0n) is 5.02. The first-order valence-electron chi connectivity index (χ1n) is 2.74. The summed E-state index contributed by atoms with van der Waals surface area (Å²) in [7, 11) is 0. The molecule has 1 atom stereocenters. The molecule has 0 bridgehead atoms. The van der Waals surface area contributed by atoms with Gasteiger partial charge in [0.05, 0.1) is 0 Å². The standard InChI is InChI=1S/C7H5Cl2F/c8-6-4-2-1-3-5(6)7(9)10/h1-4,7H. The minimum atomic E-state index is -1.51. The predicted molar refractivity (Wildman–Crippen MR) is 41.2 cm³/mol. The van der Waals surface area contributed by atoms with E-state index in [1.54, 1.807) is 24.3 Å². The molecule has 3 heteroatoms. The Hall–Kier alpha value is -0.270. The van der Waals surface area contributed by atoms with E-state index in [0.29, 0.717) is 10.6 Å². The van der Waals surface area contributed by atoms with Crippen LogP contribution in [0.3, 0.4) is 0 Å². The van der Waals surface area contributed by atoms with E-state index in [9.17, 15) is 4.39 Å². The van der Waals surface area contributed by atoms with E-state index >= 15 is 0 Å². The molecule has 0 aliphatic heterocycles. The van der Waals surface area contributed by atoms with Crippen molar-refractivity contribution in [3.05, 3.63) is 34.9 Å². The third-order valence-corrected chi connectivity index (χ3v) is 1.72. The number of hydrogen-bond acceptors (Lipinski definition) is 0. The van der Waals surface area contributed by atoms with Crippen molar-refractivity contribution in [1.82, 2.24) is 0 Å². The molecule has 0 heterocycles. The van der Waals surface area contributed by atoms with Crippen LogP contribution in [-0.2, 0) is 0 Å². The van der Waals surface area contributed by atoms with Gasteiger partial charge >= 0.3 is 0 Å². The first-order valence-corrected chi connectivity index (χ1v) is 3.56. The van der Waals surface area contributed by atoms with E-state index in [1.807, 2.05) is 0 Å². The smallest absolute Gasteiger partial charge is 0.200 e. The van der Waals surface area contributed by atoms with Crippen LogP contribution in [0.15, 0.2) is 24.3 Å². The maximum absolute atomic E-state index is 12.4. The number of alkyl halides is 2. The van der Waals surface area contributed by atoms with Crippen LogP contribution in [0.25, 0.3) is 0 Å². The Balaban J connectivity index is 3.03. The van der Waals surface area contributed by atoms with Crippen LogP contribution in [0.4, 0.5) is 4.39 Å². The number of benzene rings is 1. The van der Waals surface area contributed by atoms with Crippen LogP contribution in [0.5, 0.6) is 0 Å². The maximum atomic E-state index is 12.4. The molecule has 0 saturated carbocycles. The molecular formula is C7H5Cl2F. The Kier molecular flexibility index (Phi) is 2.52. The molecule has 54 valence electrons. The van der Waals surface area contributed by atoms with Crippen molar-refractivity contribution in [3.63, 3.8) is 0 Å². The summed E-state index contributed by atoms with van der Waals surface area (Å²) < 4.78 is 12.4. The molecule has 1 unspecified atom stereocenters. The van der Waals surface area contributed by atoms with Crippen LogP contribution in [-0.4, -0.2) is 0 Å². The molecule has 1 aromatic rings. The summed E-state index contributed by atoms with van der Waals surface area (Å²) in [5.74, 6) is 0. The van der Waals surface area contributed by atoms with Crippen molar-refractivity contribution in [2.75, 3.05) is 0 Å². The monoisotopic (exact) mass is 178 g/mol. The summed E-state index contributed by atoms with van der Waals surface area (Å²) in [6.07, 6.45) is 0. The molecule has 0 spiro atoms. The fourth-order valence-corrected chi connectivity index (χ4v) is 1.13. The van der Waals surface area contributed by atoms with E-state index in [4.69, 9.17) is 23.2 Å². The first-order chi connectivity index (χ1) is 4.72. The van der Waals surface area contributed by atoms with Crippen LogP contribution in [0.1, 0.15) is 11.2 Å². The minimum Gasteiger partial charge on any atom is -0.225 e. The van der Waals surface area contributed by atoms with Gasteiger partial charge in [0, 0.05) is 10.6 Å². The lowest BCUT2D eigenvalue weighted by Gasteiger charge is -2.00. The highest BCUT2D eigenvalue weighted by Crippen LogP contribution is 2.27. The second kappa shape index (κ2) is 3.22. The summed E-state index contributed by atoms with van der Waals surface area (Å²) in [5.41, 5.74) is -1.18. The molecule has 0 nitrogen and oxygen atoms in total. The third-order valence-electron chi connectivity index (χ3n) is 1.14. The highest BCUT2D eigenvalue weighted by molar-refractivity contribution is 6.32. The molecule has 0 N–H and O–H groups in total. The van der Waals surface area contributed by atoms with Crippen molar-refractivity contribution in [2.45, 2.75) is 5.63 Å². The van der Waals surface area contributed by atoms with E-state index in [-0.39, 0.29) is 0 Å². The number of hydrogen-bond donors (Lipinski definition) is 0. The van der Waals surface area contributed by atoms with E-state index in [2.05, 4.69) is 0 Å². The summed E-state index contributed by atoms with van der Waals surface area (Å²) in [4.78, 5) is 0. The van der Waals surface area contributed by atoms with Gasteiger partial charge < -0.3 is 0 Å². The molecule has 0 amide bonds. The van der Waals surface area contributed by atoms with Gasteiger partial charge in [0.1, 0.15) is 0 Å². The molecule has 1 rings (SSSR count). The van der Waals surface area contributed by atoms with Crippen LogP contribution < -0.4 is 0 Å². The highest BCUT2D eigenvalue weighted by atomic mass is 35.5. The topological polar surface area (TPSA) is 0 Å². The fourth-order valence-electron chi connectivity index (χ4n) is 0.652. The molecule has 0 aliphatic carbocycles. The lowest BCUT2D eigenvalue weighted by Crippen LogP contribution is -1.82. The van der Waals surface area contributed by atoms with Gasteiger partial charge in [-0.25, -0.2) is 4.39 Å². The summed E-state index contributed by atoms with van der Waals surface area (Å²) in [5, 5.41) is 0.366. The quantitative estimate of drug-likeness (QED) is 0.578. The third kappa shape index (κ3) is 1.61. The normalized spacial score (nSPS) is 13.1. The van der Waals surface area contributed by atoms with Crippen molar-refractivity contribution in [1.29, 1.82) is 0 Å². The Morgan fingerprint density at radius 3 is 2.30 bits per heavy atom. The Bertz CT molecular complexity index is 223. The summed E-state index contributed by atoms with van der Waals surface area (Å²) in [6, 6.07) is 6.58. The fraction of sp³-hybridized carbons (Fsp3) is 0.143. The van der Waals surface area contributed by atoms with Gasteiger partial charge in [0.2, 0.25) is 0 Å². The van der Waals surface area contributed by atoms with Crippen molar-refractivity contribution >= 4 is 23.2 Å². The molecule has 0 radical (unpaired) electrons. The van der Waals surface area contributed by atoms with Crippen LogP contribution in [0.2, 0.25) is 5.02 Å². The lowest BCUT2D eigenvalue weighted by molar-refractivity contribution is 0.460. The molecule has 1 aromatic carbocycles. The zero-order chi connectivity index (χ0) is 7.56. The van der Waals surface area contributed by atoms with E-state index in [0.717, 1.165) is 0 Å². The van der Waals surface area contributed by atoms with Gasteiger partial charge in [0.15, 0.2) is 5.63 Å². The minimum absolute atomic E-state index is 0.325. The van der Waals surface area contributed by atoms with Crippen molar-refractivity contribution in [3.8, 4) is 0 Å². The van der Waals surface area contributed by atoms with Crippen molar-refractivity contribution in [2.24, 2.45) is 0 Å². The first kappa shape index (κ1) is 7.83. The lowest BCUT2D eigenvalue weighted by atomic mass is 10.2. The van der Waals surface area contributed by atoms with Crippen LogP contribution >= 0.6 is 23.2 Å². The van der Waals surface area contributed by atoms with Crippen molar-refractivity contribution < 1.29 is 4.39 Å². The van der Waals surface area contributed by atoms with Gasteiger partial charge in [-0.05, 0) is 6.07 Å². The molecule has 0 aromatic heterocycles. The van der Waals surface area contributed by atoms with E-state index < -0.39 is 5.63 Å². The van der Waals surface area contributed by atoms with Gasteiger partial charge in [-0.2, -0.15) is 0 Å².